The smallest absolute Gasteiger partial charge is 0.0331 e. The topological polar surface area (TPSA) is 29.3 Å². The van der Waals surface area contributed by atoms with Gasteiger partial charge in [-0.05, 0) is 42.7 Å². The molecule has 1 aromatic rings. The van der Waals surface area contributed by atoms with E-state index in [9.17, 15) is 0 Å². The van der Waals surface area contributed by atoms with Gasteiger partial charge in [-0.25, -0.2) is 0 Å². The average Bonchev–Trinajstić information content (AvgIpc) is 2.76. The molecule has 0 bridgehead atoms. The summed E-state index contributed by atoms with van der Waals surface area (Å²) in [5, 5.41) is 2.23. The van der Waals surface area contributed by atoms with Gasteiger partial charge in [-0.15, -0.1) is 11.3 Å². The highest BCUT2D eigenvalue weighted by molar-refractivity contribution is 7.10. The summed E-state index contributed by atoms with van der Waals surface area (Å²) in [4.78, 5) is 4.17. The minimum Gasteiger partial charge on any atom is -0.327 e. The van der Waals surface area contributed by atoms with E-state index in [1.54, 1.807) is 10.4 Å². The van der Waals surface area contributed by atoms with Crippen molar-refractivity contribution in [1.29, 1.82) is 0 Å². The van der Waals surface area contributed by atoms with Crippen LogP contribution in [0.5, 0.6) is 0 Å². The molecular formula is C14H24N2S. The predicted octanol–water partition coefficient (Wildman–Crippen LogP) is 3.04. The van der Waals surface area contributed by atoms with Crippen LogP contribution in [0.4, 0.5) is 0 Å². The Hall–Kier alpha value is -0.380. The van der Waals surface area contributed by atoms with Crippen LogP contribution in [-0.2, 0) is 6.42 Å². The first-order valence-electron chi connectivity index (χ1n) is 6.65. The lowest BCUT2D eigenvalue weighted by Crippen LogP contribution is -2.37. The molecule has 2 rings (SSSR count). The van der Waals surface area contributed by atoms with Crippen LogP contribution in [0.3, 0.4) is 0 Å². The van der Waals surface area contributed by atoms with Gasteiger partial charge < -0.3 is 5.73 Å². The minimum absolute atomic E-state index is 0.339. The maximum absolute atomic E-state index is 6.13. The van der Waals surface area contributed by atoms with Gasteiger partial charge in [0.25, 0.3) is 0 Å². The fourth-order valence-corrected chi connectivity index (χ4v) is 3.48. The Morgan fingerprint density at radius 2 is 2.29 bits per heavy atom. The Labute approximate surface area is 109 Å². The number of nitrogens with zero attached hydrogens (tertiary/aromatic N) is 1. The van der Waals surface area contributed by atoms with E-state index >= 15 is 0 Å². The summed E-state index contributed by atoms with van der Waals surface area (Å²) < 4.78 is 0. The number of rotatable bonds is 4. The molecule has 0 saturated carbocycles. The van der Waals surface area contributed by atoms with Gasteiger partial charge in [0, 0.05) is 30.1 Å². The summed E-state index contributed by atoms with van der Waals surface area (Å²) in [5.74, 6) is 0.590. The van der Waals surface area contributed by atoms with Gasteiger partial charge in [-0.1, -0.05) is 13.8 Å². The molecule has 17 heavy (non-hydrogen) atoms. The number of hydrogen-bond acceptors (Lipinski definition) is 3. The van der Waals surface area contributed by atoms with Gasteiger partial charge in [0.2, 0.25) is 0 Å². The van der Waals surface area contributed by atoms with E-state index in [2.05, 4.69) is 37.1 Å². The lowest BCUT2D eigenvalue weighted by molar-refractivity contribution is 0.188. The van der Waals surface area contributed by atoms with E-state index in [4.69, 9.17) is 5.73 Å². The molecule has 3 heteroatoms. The Morgan fingerprint density at radius 1 is 1.53 bits per heavy atom. The molecule has 0 radical (unpaired) electrons. The zero-order valence-corrected chi connectivity index (χ0v) is 12.0. The first-order chi connectivity index (χ1) is 8.09. The number of hydrogen-bond donors (Lipinski definition) is 1. The maximum Gasteiger partial charge on any atom is 0.0331 e. The molecule has 0 spiro atoms. The molecule has 2 atom stereocenters. The van der Waals surface area contributed by atoms with Gasteiger partial charge >= 0.3 is 0 Å². The highest BCUT2D eigenvalue weighted by atomic mass is 32.1. The molecule has 0 amide bonds. The largest absolute Gasteiger partial charge is 0.327 e. The second-order valence-corrected chi connectivity index (χ2v) is 6.46. The summed E-state index contributed by atoms with van der Waals surface area (Å²) in [6.07, 6.45) is 2.33. The summed E-state index contributed by atoms with van der Waals surface area (Å²) in [6.45, 7) is 9.07. The van der Waals surface area contributed by atoms with Gasteiger partial charge in [-0.2, -0.15) is 0 Å². The van der Waals surface area contributed by atoms with Crippen LogP contribution in [0.1, 0.15) is 43.7 Å². The Balaban J connectivity index is 1.92. The fraction of sp³-hybridized carbons (Fsp3) is 0.714. The van der Waals surface area contributed by atoms with E-state index in [1.165, 1.54) is 13.0 Å². The monoisotopic (exact) mass is 252 g/mol. The van der Waals surface area contributed by atoms with Crippen molar-refractivity contribution in [3.05, 3.63) is 21.9 Å². The molecule has 0 aromatic carbocycles. The van der Waals surface area contributed by atoms with Crippen LogP contribution in [-0.4, -0.2) is 24.0 Å². The Kier molecular flexibility index (Phi) is 4.23. The highest BCUT2D eigenvalue weighted by Gasteiger charge is 2.24. The van der Waals surface area contributed by atoms with E-state index in [-0.39, 0.29) is 0 Å². The lowest BCUT2D eigenvalue weighted by atomic mass is 9.98. The van der Waals surface area contributed by atoms with Crippen molar-refractivity contribution in [3.8, 4) is 0 Å². The predicted molar refractivity (Wildman–Crippen MR) is 75.4 cm³/mol. The second-order valence-electron chi connectivity index (χ2n) is 5.46. The summed E-state index contributed by atoms with van der Waals surface area (Å²) in [5.41, 5.74) is 7.67. The molecule has 0 saturated heterocycles. The van der Waals surface area contributed by atoms with Crippen LogP contribution in [0, 0.1) is 5.92 Å². The SMILES string of the molecule is CC(C)C(N)CCN1CCc2sccc2C1C. The van der Waals surface area contributed by atoms with Crippen molar-refractivity contribution in [2.24, 2.45) is 11.7 Å². The highest BCUT2D eigenvalue weighted by Crippen LogP contribution is 2.32. The third-order valence-electron chi connectivity index (χ3n) is 4.01. The normalized spacial score (nSPS) is 22.8. The maximum atomic E-state index is 6.13. The molecule has 96 valence electrons. The van der Waals surface area contributed by atoms with Crippen LogP contribution >= 0.6 is 11.3 Å². The average molecular weight is 252 g/mol. The van der Waals surface area contributed by atoms with Crippen molar-refractivity contribution in [2.45, 2.75) is 45.7 Å². The summed E-state index contributed by atoms with van der Waals surface area (Å²) in [6, 6.07) is 3.20. The molecule has 1 aliphatic heterocycles. The van der Waals surface area contributed by atoms with Crippen molar-refractivity contribution >= 4 is 11.3 Å². The molecule has 0 fully saturated rings. The number of nitrogens with two attached hydrogens (primary N) is 1. The van der Waals surface area contributed by atoms with E-state index in [0.29, 0.717) is 18.0 Å². The molecule has 0 aliphatic carbocycles. The zero-order valence-electron chi connectivity index (χ0n) is 11.1. The van der Waals surface area contributed by atoms with Crippen molar-refractivity contribution in [1.82, 2.24) is 4.90 Å². The standard InChI is InChI=1S/C14H24N2S/c1-10(2)13(15)4-7-16-8-5-14-12(11(16)3)6-9-17-14/h6,9-11,13H,4-5,7-8,15H2,1-3H3. The number of fused-ring (bicyclic) bond motifs is 1. The molecule has 2 unspecified atom stereocenters. The van der Waals surface area contributed by atoms with Crippen LogP contribution in [0.15, 0.2) is 11.4 Å². The summed E-state index contributed by atoms with van der Waals surface area (Å²) in [7, 11) is 0. The fourth-order valence-electron chi connectivity index (χ4n) is 2.52. The number of thiophene rings is 1. The minimum atomic E-state index is 0.339. The molecule has 1 aromatic heterocycles. The van der Waals surface area contributed by atoms with Crippen LogP contribution in [0.2, 0.25) is 0 Å². The van der Waals surface area contributed by atoms with Crippen LogP contribution in [0.25, 0.3) is 0 Å². The van der Waals surface area contributed by atoms with Gasteiger partial charge in [0.15, 0.2) is 0 Å². The quantitative estimate of drug-likeness (QED) is 0.892. The first kappa shape index (κ1) is 13.1. The molecule has 2 nitrogen and oxygen atoms in total. The van der Waals surface area contributed by atoms with Gasteiger partial charge in [0.05, 0.1) is 0 Å². The van der Waals surface area contributed by atoms with Crippen molar-refractivity contribution in [3.63, 3.8) is 0 Å². The van der Waals surface area contributed by atoms with Crippen molar-refractivity contribution in [2.75, 3.05) is 13.1 Å². The molecule has 2 heterocycles. The zero-order chi connectivity index (χ0) is 12.4. The van der Waals surface area contributed by atoms with Gasteiger partial charge in [0.1, 0.15) is 0 Å². The molecular weight excluding hydrogens is 228 g/mol. The van der Waals surface area contributed by atoms with Gasteiger partial charge in [-0.3, -0.25) is 4.90 Å². The first-order valence-corrected chi connectivity index (χ1v) is 7.53. The third kappa shape index (κ3) is 2.90. The molecule has 2 N–H and O–H groups in total. The van der Waals surface area contributed by atoms with E-state index < -0.39 is 0 Å². The van der Waals surface area contributed by atoms with Crippen LogP contribution < -0.4 is 5.73 Å². The molecule has 1 aliphatic rings. The second kappa shape index (κ2) is 5.51. The Morgan fingerprint density at radius 3 is 3.00 bits per heavy atom. The lowest BCUT2D eigenvalue weighted by Gasteiger charge is -2.34. The third-order valence-corrected chi connectivity index (χ3v) is 5.01. The Bertz CT molecular complexity index is 359. The summed E-state index contributed by atoms with van der Waals surface area (Å²) >= 11 is 1.91. The van der Waals surface area contributed by atoms with E-state index in [0.717, 1.165) is 13.0 Å². The van der Waals surface area contributed by atoms with Crippen molar-refractivity contribution < 1.29 is 0 Å². The van der Waals surface area contributed by atoms with E-state index in [1.807, 2.05) is 11.3 Å².